The highest BCUT2D eigenvalue weighted by atomic mass is 35.5. The van der Waals surface area contributed by atoms with Crippen LogP contribution in [-0.4, -0.2) is 36.5 Å². The third-order valence-corrected chi connectivity index (χ3v) is 2.51. The first-order chi connectivity index (χ1) is 9.85. The van der Waals surface area contributed by atoms with Crippen LogP contribution < -0.4 is 10.6 Å². The number of hydrogen-bond donors (Lipinski definition) is 2. The van der Waals surface area contributed by atoms with Crippen LogP contribution in [0, 0.1) is 10.1 Å². The maximum Gasteiger partial charge on any atom is 0.340 e. The number of esters is 1. The van der Waals surface area contributed by atoms with Crippen molar-refractivity contribution in [3.8, 4) is 0 Å². The smallest absolute Gasteiger partial charge is 0.340 e. The van der Waals surface area contributed by atoms with E-state index < -0.39 is 29.4 Å². The van der Waals surface area contributed by atoms with Gasteiger partial charge < -0.3 is 10.1 Å². The molecule has 0 heterocycles. The van der Waals surface area contributed by atoms with Gasteiger partial charge in [-0.25, -0.2) is 9.59 Å². The Morgan fingerprint density at radius 2 is 2.05 bits per heavy atom. The number of hydrogen-bond acceptors (Lipinski definition) is 6. The van der Waals surface area contributed by atoms with Crippen molar-refractivity contribution < 1.29 is 24.0 Å². The molecule has 0 saturated carbocycles. The standard InChI is InChI=1S/C11H10ClN3O6/c1-13-11(18)14-9(16)5-21-10(17)7-3-2-6(15(19)20)4-8(7)12/h2-4H,5H2,1H3,(H2,13,14,16,18). The van der Waals surface area contributed by atoms with Crippen molar-refractivity contribution in [2.45, 2.75) is 0 Å². The summed E-state index contributed by atoms with van der Waals surface area (Å²) in [5, 5.41) is 14.4. The highest BCUT2D eigenvalue weighted by Crippen LogP contribution is 2.22. The fourth-order valence-corrected chi connectivity index (χ4v) is 1.47. The second kappa shape index (κ2) is 7.20. The van der Waals surface area contributed by atoms with Crippen molar-refractivity contribution in [3.05, 3.63) is 38.9 Å². The van der Waals surface area contributed by atoms with Gasteiger partial charge in [-0.1, -0.05) is 11.6 Å². The summed E-state index contributed by atoms with van der Waals surface area (Å²) in [6.45, 7) is -0.695. The number of halogens is 1. The number of carbonyl (C=O) groups excluding carboxylic acids is 3. The molecule has 0 radical (unpaired) electrons. The maximum absolute atomic E-state index is 11.6. The van der Waals surface area contributed by atoms with Gasteiger partial charge in [0.2, 0.25) is 0 Å². The lowest BCUT2D eigenvalue weighted by Gasteiger charge is -2.06. The van der Waals surface area contributed by atoms with Crippen LogP contribution in [0.3, 0.4) is 0 Å². The first-order valence-electron chi connectivity index (χ1n) is 5.47. The van der Waals surface area contributed by atoms with E-state index in [0.29, 0.717) is 0 Å². The minimum Gasteiger partial charge on any atom is -0.452 e. The van der Waals surface area contributed by atoms with E-state index >= 15 is 0 Å². The number of nitro groups is 1. The summed E-state index contributed by atoms with van der Waals surface area (Å²) >= 11 is 5.72. The molecule has 112 valence electrons. The average Bonchev–Trinajstić information content (AvgIpc) is 2.44. The molecule has 0 aromatic heterocycles. The summed E-state index contributed by atoms with van der Waals surface area (Å²) in [4.78, 5) is 43.5. The normalized spacial score (nSPS) is 9.62. The second-order valence-electron chi connectivity index (χ2n) is 3.62. The van der Waals surface area contributed by atoms with Gasteiger partial charge >= 0.3 is 12.0 Å². The second-order valence-corrected chi connectivity index (χ2v) is 4.03. The first kappa shape index (κ1) is 16.4. The van der Waals surface area contributed by atoms with Gasteiger partial charge in [0.05, 0.1) is 15.5 Å². The Bertz CT molecular complexity index is 604. The molecule has 0 bridgehead atoms. The van der Waals surface area contributed by atoms with E-state index in [2.05, 4.69) is 10.1 Å². The molecule has 3 amide bonds. The molecular weight excluding hydrogens is 306 g/mol. The van der Waals surface area contributed by atoms with E-state index in [1.54, 1.807) is 0 Å². The molecule has 1 rings (SSSR count). The van der Waals surface area contributed by atoms with Gasteiger partial charge in [0.15, 0.2) is 6.61 Å². The quantitative estimate of drug-likeness (QED) is 0.482. The van der Waals surface area contributed by atoms with Crippen molar-refractivity contribution in [1.82, 2.24) is 10.6 Å². The lowest BCUT2D eigenvalue weighted by Crippen LogP contribution is -2.39. The Morgan fingerprint density at radius 3 is 2.57 bits per heavy atom. The molecular formula is C11H10ClN3O6. The average molecular weight is 316 g/mol. The van der Waals surface area contributed by atoms with Crippen molar-refractivity contribution in [2.24, 2.45) is 0 Å². The zero-order chi connectivity index (χ0) is 16.0. The lowest BCUT2D eigenvalue weighted by atomic mass is 10.2. The third kappa shape index (κ3) is 4.73. The summed E-state index contributed by atoms with van der Waals surface area (Å²) in [5.74, 6) is -1.78. The van der Waals surface area contributed by atoms with Crippen molar-refractivity contribution in [1.29, 1.82) is 0 Å². The number of nitro benzene ring substituents is 1. The molecule has 0 atom stereocenters. The van der Waals surface area contributed by atoms with Crippen molar-refractivity contribution in [3.63, 3.8) is 0 Å². The van der Waals surface area contributed by atoms with Gasteiger partial charge in [-0.2, -0.15) is 0 Å². The van der Waals surface area contributed by atoms with Crippen LogP contribution >= 0.6 is 11.6 Å². The molecule has 0 aliphatic heterocycles. The SMILES string of the molecule is CNC(=O)NC(=O)COC(=O)c1ccc([N+](=O)[O-])cc1Cl. The first-order valence-corrected chi connectivity index (χ1v) is 5.85. The monoisotopic (exact) mass is 315 g/mol. The largest absolute Gasteiger partial charge is 0.452 e. The van der Waals surface area contributed by atoms with Crippen LogP contribution in [0.15, 0.2) is 18.2 Å². The van der Waals surface area contributed by atoms with E-state index in [0.717, 1.165) is 18.2 Å². The van der Waals surface area contributed by atoms with E-state index in [1.165, 1.54) is 7.05 Å². The third-order valence-electron chi connectivity index (χ3n) is 2.20. The number of nitrogens with zero attached hydrogens (tertiary/aromatic N) is 1. The van der Waals surface area contributed by atoms with Crippen LogP contribution in [0.5, 0.6) is 0 Å². The van der Waals surface area contributed by atoms with E-state index in [9.17, 15) is 24.5 Å². The maximum atomic E-state index is 11.6. The minimum atomic E-state index is -0.943. The van der Waals surface area contributed by atoms with Crippen LogP contribution in [0.4, 0.5) is 10.5 Å². The van der Waals surface area contributed by atoms with Gasteiger partial charge in [0.25, 0.3) is 11.6 Å². The van der Waals surface area contributed by atoms with Crippen molar-refractivity contribution >= 4 is 35.2 Å². The number of benzene rings is 1. The lowest BCUT2D eigenvalue weighted by molar-refractivity contribution is -0.384. The molecule has 0 spiro atoms. The number of ether oxygens (including phenoxy) is 1. The zero-order valence-corrected chi connectivity index (χ0v) is 11.5. The van der Waals surface area contributed by atoms with Crippen molar-refractivity contribution in [2.75, 3.05) is 13.7 Å². The number of imide groups is 1. The van der Waals surface area contributed by atoms with Gasteiger partial charge in [-0.05, 0) is 6.07 Å². The van der Waals surface area contributed by atoms with E-state index in [-0.39, 0.29) is 16.3 Å². The number of amides is 3. The number of urea groups is 1. The zero-order valence-electron chi connectivity index (χ0n) is 10.7. The molecule has 0 unspecified atom stereocenters. The Hall–Kier alpha value is -2.68. The molecule has 1 aromatic rings. The fraction of sp³-hybridized carbons (Fsp3) is 0.182. The predicted molar refractivity (Wildman–Crippen MR) is 71.0 cm³/mol. The summed E-state index contributed by atoms with van der Waals surface area (Å²) < 4.78 is 4.63. The number of carbonyl (C=O) groups is 3. The molecule has 21 heavy (non-hydrogen) atoms. The summed E-state index contributed by atoms with van der Waals surface area (Å²) in [6.07, 6.45) is 0. The van der Waals surface area contributed by atoms with E-state index in [4.69, 9.17) is 11.6 Å². The number of nitrogens with one attached hydrogen (secondary N) is 2. The highest BCUT2D eigenvalue weighted by molar-refractivity contribution is 6.33. The Morgan fingerprint density at radius 1 is 1.38 bits per heavy atom. The molecule has 2 N–H and O–H groups in total. The summed E-state index contributed by atoms with van der Waals surface area (Å²) in [6, 6.07) is 2.43. The molecule has 9 nitrogen and oxygen atoms in total. The summed E-state index contributed by atoms with van der Waals surface area (Å²) in [7, 11) is 1.31. The molecule has 0 saturated heterocycles. The van der Waals surface area contributed by atoms with Crippen LogP contribution in [0.25, 0.3) is 0 Å². The molecule has 0 fully saturated rings. The molecule has 1 aromatic carbocycles. The topological polar surface area (TPSA) is 128 Å². The van der Waals surface area contributed by atoms with Crippen LogP contribution in [-0.2, 0) is 9.53 Å². The van der Waals surface area contributed by atoms with Gasteiger partial charge in [0.1, 0.15) is 0 Å². The molecule has 10 heteroatoms. The minimum absolute atomic E-state index is 0.130. The van der Waals surface area contributed by atoms with Gasteiger partial charge in [0, 0.05) is 19.2 Å². The molecule has 0 aliphatic carbocycles. The van der Waals surface area contributed by atoms with E-state index in [1.807, 2.05) is 5.32 Å². The number of rotatable bonds is 4. The van der Waals surface area contributed by atoms with Gasteiger partial charge in [-0.15, -0.1) is 0 Å². The Kier molecular flexibility index (Phi) is 5.61. The Balaban J connectivity index is 2.66. The Labute approximate surface area is 123 Å². The predicted octanol–water partition coefficient (Wildman–Crippen LogP) is 0.861. The molecule has 0 aliphatic rings. The number of non-ortho nitro benzene ring substituents is 1. The van der Waals surface area contributed by atoms with Crippen LogP contribution in [0.2, 0.25) is 5.02 Å². The van der Waals surface area contributed by atoms with Gasteiger partial charge in [-0.3, -0.25) is 20.2 Å². The van der Waals surface area contributed by atoms with Crippen LogP contribution in [0.1, 0.15) is 10.4 Å². The highest BCUT2D eigenvalue weighted by Gasteiger charge is 2.17. The summed E-state index contributed by atoms with van der Waals surface area (Å²) in [5.41, 5.74) is -0.413. The fourth-order valence-electron chi connectivity index (χ4n) is 1.22.